The van der Waals surface area contributed by atoms with Crippen LogP contribution in [0, 0.1) is 55.4 Å². The maximum atomic E-state index is 5.97. The molecule has 0 saturated heterocycles. The van der Waals surface area contributed by atoms with Crippen molar-refractivity contribution in [3.05, 3.63) is 187 Å². The van der Waals surface area contributed by atoms with Crippen LogP contribution in [0.3, 0.4) is 0 Å². The second-order valence-corrected chi connectivity index (χ2v) is 16.3. The van der Waals surface area contributed by atoms with Crippen molar-refractivity contribution in [1.29, 1.82) is 0 Å². The van der Waals surface area contributed by atoms with Crippen LogP contribution < -0.4 is 9.47 Å². The molecule has 7 aromatic rings. The molecule has 0 atom stereocenters. The van der Waals surface area contributed by atoms with Gasteiger partial charge in [0.25, 0.3) is 0 Å². The van der Waals surface area contributed by atoms with Crippen LogP contribution in [0.5, 0.6) is 23.0 Å². The standard InChI is InChI=1S/C29H28O2.C6H8N2.2C6H8S/c1-21-5-13-25(14-6-21)30-27-17-9-23(10-18-27)29(3,4)24-11-19-28(20-12-24)31-26-15-7-22(2)8-16-26;1-5-3-8-6(2)4-7-5;1-5-3-6(2)7-4-5;1-5-3-4-6(2)7-5/h5-20H,1-4H3;3-4H,1-2H3;2*3-4H,1-2H3. The van der Waals surface area contributed by atoms with Crippen LogP contribution in [0.1, 0.15) is 67.7 Å². The molecule has 0 fully saturated rings. The minimum absolute atomic E-state index is 0.134. The lowest BCUT2D eigenvalue weighted by Crippen LogP contribution is -2.18. The first kappa shape index (κ1) is 40.7. The highest BCUT2D eigenvalue weighted by Gasteiger charge is 2.23. The average Bonchev–Trinajstić information content (AvgIpc) is 3.73. The largest absolute Gasteiger partial charge is 0.457 e. The third-order valence-corrected chi connectivity index (χ3v) is 10.2. The summed E-state index contributed by atoms with van der Waals surface area (Å²) in [5, 5.41) is 2.16. The Balaban J connectivity index is 0.000000227. The summed E-state index contributed by atoms with van der Waals surface area (Å²) in [5.74, 6) is 3.37. The lowest BCUT2D eigenvalue weighted by atomic mass is 9.78. The van der Waals surface area contributed by atoms with E-state index in [4.69, 9.17) is 9.47 Å². The van der Waals surface area contributed by atoms with Crippen molar-refractivity contribution in [1.82, 2.24) is 9.97 Å². The van der Waals surface area contributed by atoms with Gasteiger partial charge >= 0.3 is 0 Å². The molecule has 53 heavy (non-hydrogen) atoms. The maximum Gasteiger partial charge on any atom is 0.127 e. The smallest absolute Gasteiger partial charge is 0.127 e. The molecular formula is C47H52N2O2S2. The Bertz CT molecular complexity index is 1910. The van der Waals surface area contributed by atoms with Gasteiger partial charge in [0.1, 0.15) is 23.0 Å². The van der Waals surface area contributed by atoms with Crippen LogP contribution in [-0.4, -0.2) is 9.97 Å². The van der Waals surface area contributed by atoms with E-state index in [0.717, 1.165) is 34.4 Å². The van der Waals surface area contributed by atoms with Gasteiger partial charge in [-0.25, -0.2) is 0 Å². The van der Waals surface area contributed by atoms with Gasteiger partial charge in [0, 0.05) is 32.4 Å². The molecule has 0 bridgehead atoms. The monoisotopic (exact) mass is 740 g/mol. The second-order valence-electron chi connectivity index (χ2n) is 13.7. The molecule has 0 unspecified atom stereocenters. The Morgan fingerprint density at radius 2 is 0.792 bits per heavy atom. The zero-order valence-corrected chi connectivity index (χ0v) is 34.4. The molecule has 0 aliphatic carbocycles. The van der Waals surface area contributed by atoms with E-state index in [1.807, 2.05) is 73.7 Å². The predicted octanol–water partition coefficient (Wildman–Crippen LogP) is 14.0. The zero-order chi connectivity index (χ0) is 38.4. The topological polar surface area (TPSA) is 44.2 Å². The average molecular weight is 741 g/mol. The lowest BCUT2D eigenvalue weighted by Gasteiger charge is -2.26. The van der Waals surface area contributed by atoms with Gasteiger partial charge in [0.2, 0.25) is 0 Å². The SMILES string of the molecule is Cc1ccc(C)s1.Cc1ccc(Oc2ccc(C(C)(C)c3ccc(Oc4ccc(C)cc4)cc3)cc2)cc1.Cc1cnc(C)cn1.Cc1csc(C)c1. The fourth-order valence-electron chi connectivity index (χ4n) is 5.12. The molecule has 6 heteroatoms. The summed E-state index contributed by atoms with van der Waals surface area (Å²) in [6.45, 7) is 20.9. The van der Waals surface area contributed by atoms with Crippen molar-refractivity contribution < 1.29 is 9.47 Å². The lowest BCUT2D eigenvalue weighted by molar-refractivity contribution is 0.481. The minimum atomic E-state index is -0.134. The van der Waals surface area contributed by atoms with Gasteiger partial charge in [-0.05, 0) is 144 Å². The predicted molar refractivity (Wildman–Crippen MR) is 227 cm³/mol. The molecule has 0 saturated carbocycles. The van der Waals surface area contributed by atoms with Crippen LogP contribution in [0.2, 0.25) is 0 Å². The van der Waals surface area contributed by atoms with Gasteiger partial charge in [0.05, 0.1) is 11.4 Å². The normalized spacial score (nSPS) is 10.5. The summed E-state index contributed by atoms with van der Waals surface area (Å²) in [4.78, 5) is 12.2. The molecular weight excluding hydrogens is 689 g/mol. The number of nitrogens with zero attached hydrogens (tertiary/aromatic N) is 2. The summed E-state index contributed by atoms with van der Waals surface area (Å²) in [6.07, 6.45) is 3.52. The molecule has 0 spiro atoms. The van der Waals surface area contributed by atoms with Crippen LogP contribution in [0.25, 0.3) is 0 Å². The van der Waals surface area contributed by atoms with Crippen molar-refractivity contribution in [3.8, 4) is 23.0 Å². The van der Waals surface area contributed by atoms with Gasteiger partial charge in [-0.1, -0.05) is 73.5 Å². The van der Waals surface area contributed by atoms with Gasteiger partial charge in [-0.15, -0.1) is 22.7 Å². The number of aryl methyl sites for hydroxylation is 8. The first-order chi connectivity index (χ1) is 25.3. The van der Waals surface area contributed by atoms with Crippen molar-refractivity contribution in [2.45, 2.75) is 74.7 Å². The summed E-state index contributed by atoms with van der Waals surface area (Å²) in [6, 6.07) is 39.3. The van der Waals surface area contributed by atoms with Crippen molar-refractivity contribution in [2.75, 3.05) is 0 Å². The number of ether oxygens (including phenoxy) is 2. The first-order valence-electron chi connectivity index (χ1n) is 17.8. The molecule has 3 aromatic heterocycles. The summed E-state index contributed by atoms with van der Waals surface area (Å²) in [7, 11) is 0. The van der Waals surface area contributed by atoms with E-state index in [0.29, 0.717) is 0 Å². The number of benzene rings is 4. The number of aromatic nitrogens is 2. The fourth-order valence-corrected chi connectivity index (χ4v) is 6.59. The van der Waals surface area contributed by atoms with Gasteiger partial charge in [-0.2, -0.15) is 0 Å². The summed E-state index contributed by atoms with van der Waals surface area (Å²) in [5.41, 5.74) is 8.09. The van der Waals surface area contributed by atoms with Crippen LogP contribution in [0.15, 0.2) is 133 Å². The van der Waals surface area contributed by atoms with Crippen LogP contribution in [-0.2, 0) is 5.41 Å². The molecule has 4 nitrogen and oxygen atoms in total. The van der Waals surface area contributed by atoms with E-state index in [-0.39, 0.29) is 5.41 Å². The molecule has 0 radical (unpaired) electrons. The van der Waals surface area contributed by atoms with E-state index in [9.17, 15) is 0 Å². The van der Waals surface area contributed by atoms with Gasteiger partial charge < -0.3 is 9.47 Å². The molecule has 0 amide bonds. The second kappa shape index (κ2) is 19.7. The van der Waals surface area contributed by atoms with E-state index in [1.165, 1.54) is 42.4 Å². The van der Waals surface area contributed by atoms with Crippen molar-refractivity contribution in [3.63, 3.8) is 0 Å². The Hall–Kier alpha value is -5.04. The minimum Gasteiger partial charge on any atom is -0.457 e. The summed E-state index contributed by atoms with van der Waals surface area (Å²) >= 11 is 3.65. The molecule has 0 aliphatic heterocycles. The van der Waals surface area contributed by atoms with Crippen molar-refractivity contribution >= 4 is 22.7 Å². The molecule has 3 heterocycles. The van der Waals surface area contributed by atoms with Gasteiger partial charge in [0.15, 0.2) is 0 Å². The molecule has 4 aromatic carbocycles. The number of hydrogen-bond acceptors (Lipinski definition) is 6. The van der Waals surface area contributed by atoms with E-state index in [2.05, 4.69) is 137 Å². The van der Waals surface area contributed by atoms with Crippen molar-refractivity contribution in [2.24, 2.45) is 0 Å². The third-order valence-electron chi connectivity index (χ3n) is 8.31. The Morgan fingerprint density at radius 3 is 1.04 bits per heavy atom. The zero-order valence-electron chi connectivity index (χ0n) is 32.7. The Morgan fingerprint density at radius 1 is 0.434 bits per heavy atom. The Kier molecular flexibility index (Phi) is 15.1. The number of rotatable bonds is 6. The van der Waals surface area contributed by atoms with E-state index in [1.54, 1.807) is 23.7 Å². The first-order valence-corrected chi connectivity index (χ1v) is 19.5. The quantitative estimate of drug-likeness (QED) is 0.170. The van der Waals surface area contributed by atoms with E-state index >= 15 is 0 Å². The summed E-state index contributed by atoms with van der Waals surface area (Å²) < 4.78 is 11.9. The molecule has 274 valence electrons. The fraction of sp³-hybridized carbons (Fsp3) is 0.234. The van der Waals surface area contributed by atoms with E-state index < -0.39 is 0 Å². The highest BCUT2D eigenvalue weighted by Crippen LogP contribution is 2.34. The van der Waals surface area contributed by atoms with Crippen LogP contribution >= 0.6 is 22.7 Å². The maximum absolute atomic E-state index is 5.97. The van der Waals surface area contributed by atoms with Gasteiger partial charge in [-0.3, -0.25) is 9.97 Å². The number of hydrogen-bond donors (Lipinski definition) is 0. The molecule has 0 aliphatic rings. The third kappa shape index (κ3) is 13.8. The molecule has 0 N–H and O–H groups in total. The number of thiophene rings is 2. The highest BCUT2D eigenvalue weighted by molar-refractivity contribution is 7.11. The van der Waals surface area contributed by atoms with Crippen LogP contribution in [0.4, 0.5) is 0 Å². The molecule has 7 rings (SSSR count). The highest BCUT2D eigenvalue weighted by atomic mass is 32.1. The Labute approximate surface area is 325 Å².